The van der Waals surface area contributed by atoms with E-state index < -0.39 is 5.56 Å². The highest BCUT2D eigenvalue weighted by Crippen LogP contribution is 2.13. The minimum atomic E-state index is -0.400. The summed E-state index contributed by atoms with van der Waals surface area (Å²) >= 11 is 5.69. The monoisotopic (exact) mass is 298 g/mol. The van der Waals surface area contributed by atoms with Gasteiger partial charge in [-0.1, -0.05) is 10.3 Å². The van der Waals surface area contributed by atoms with Crippen LogP contribution in [0.15, 0.2) is 15.1 Å². The van der Waals surface area contributed by atoms with E-state index in [2.05, 4.69) is 30.3 Å². The van der Waals surface area contributed by atoms with Crippen LogP contribution in [0.4, 0.5) is 11.9 Å². The van der Waals surface area contributed by atoms with Crippen LogP contribution in [0.5, 0.6) is 0 Å². The van der Waals surface area contributed by atoms with Crippen molar-refractivity contribution in [3.63, 3.8) is 0 Å². The summed E-state index contributed by atoms with van der Waals surface area (Å²) < 4.78 is 0. The Hall–Kier alpha value is -2.16. The van der Waals surface area contributed by atoms with Crippen LogP contribution in [0.3, 0.4) is 0 Å². The van der Waals surface area contributed by atoms with Gasteiger partial charge in [0.15, 0.2) is 11.2 Å². The number of hydrogen-bond donors (Lipinski definition) is 3. The first-order valence-corrected chi connectivity index (χ1v) is 6.54. The summed E-state index contributed by atoms with van der Waals surface area (Å²) in [4.78, 5) is 24.7. The number of halogens is 1. The van der Waals surface area contributed by atoms with Crippen molar-refractivity contribution in [2.75, 3.05) is 18.2 Å². The fourth-order valence-corrected chi connectivity index (χ4v) is 1.73. The number of rotatable bonds is 5. The Morgan fingerprint density at radius 3 is 2.80 bits per heavy atom. The third-order valence-electron chi connectivity index (χ3n) is 2.53. The van der Waals surface area contributed by atoms with Crippen molar-refractivity contribution in [2.24, 2.45) is 10.3 Å². The molecule has 10 heteroatoms. The van der Waals surface area contributed by atoms with Crippen molar-refractivity contribution in [1.82, 2.24) is 24.9 Å². The molecule has 0 atom stereocenters. The van der Waals surface area contributed by atoms with Gasteiger partial charge in [0, 0.05) is 11.9 Å². The number of alkyl halides is 1. The summed E-state index contributed by atoms with van der Waals surface area (Å²) in [5, 5.41) is 9.70. The Bertz CT molecular complexity index is 675. The van der Waals surface area contributed by atoms with Gasteiger partial charge in [0.2, 0.25) is 5.95 Å². The molecule has 0 saturated heterocycles. The number of imidazole rings is 1. The summed E-state index contributed by atoms with van der Waals surface area (Å²) in [5.74, 6) is 0.627. The number of nitrogens with zero attached hydrogens (tertiary/aromatic N) is 5. The molecular weight excluding hydrogens is 284 g/mol. The maximum atomic E-state index is 11.6. The molecule has 9 nitrogen and oxygen atoms in total. The second-order valence-corrected chi connectivity index (χ2v) is 4.72. The van der Waals surface area contributed by atoms with Crippen molar-refractivity contribution < 1.29 is 0 Å². The number of anilines is 1. The van der Waals surface area contributed by atoms with Gasteiger partial charge in [-0.25, -0.2) is 0 Å². The Labute approximate surface area is 119 Å². The van der Waals surface area contributed by atoms with Crippen LogP contribution in [0, 0.1) is 0 Å². The van der Waals surface area contributed by atoms with E-state index >= 15 is 0 Å². The fraction of sp³-hybridized carbons (Fsp3) is 0.500. The average Bonchev–Trinajstić information content (AvgIpc) is 2.77. The molecule has 0 spiro atoms. The molecule has 0 unspecified atom stereocenters. The SMILES string of the molecule is CC(C)N(CCCl)N=Nc1nc2nc(N)[nH]c(=O)c2[nH]1. The highest BCUT2D eigenvalue weighted by atomic mass is 35.5. The molecule has 2 heterocycles. The van der Waals surface area contributed by atoms with E-state index in [-0.39, 0.29) is 29.1 Å². The summed E-state index contributed by atoms with van der Waals surface area (Å²) in [6.45, 7) is 4.50. The van der Waals surface area contributed by atoms with Crippen molar-refractivity contribution in [2.45, 2.75) is 19.9 Å². The molecule has 0 fully saturated rings. The highest BCUT2D eigenvalue weighted by Gasteiger charge is 2.09. The molecular formula is C10H15ClN8O. The molecule has 108 valence electrons. The maximum Gasteiger partial charge on any atom is 0.278 e. The molecule has 20 heavy (non-hydrogen) atoms. The van der Waals surface area contributed by atoms with Crippen LogP contribution in [0.25, 0.3) is 11.2 Å². The van der Waals surface area contributed by atoms with E-state index in [9.17, 15) is 4.79 Å². The molecule has 2 aromatic heterocycles. The molecule has 0 aliphatic carbocycles. The van der Waals surface area contributed by atoms with Gasteiger partial charge >= 0.3 is 0 Å². The van der Waals surface area contributed by atoms with Gasteiger partial charge in [-0.2, -0.15) is 9.97 Å². The Morgan fingerprint density at radius 1 is 1.40 bits per heavy atom. The summed E-state index contributed by atoms with van der Waals surface area (Å²) in [6.07, 6.45) is 0. The average molecular weight is 299 g/mol. The van der Waals surface area contributed by atoms with Gasteiger partial charge in [0.1, 0.15) is 0 Å². The van der Waals surface area contributed by atoms with Crippen LogP contribution in [-0.2, 0) is 0 Å². The van der Waals surface area contributed by atoms with E-state index in [0.29, 0.717) is 12.4 Å². The van der Waals surface area contributed by atoms with Gasteiger partial charge in [0.25, 0.3) is 11.5 Å². The van der Waals surface area contributed by atoms with Gasteiger partial charge in [-0.05, 0) is 13.8 Å². The van der Waals surface area contributed by atoms with Gasteiger partial charge in [-0.15, -0.1) is 11.6 Å². The minimum absolute atomic E-state index is 0.00318. The van der Waals surface area contributed by atoms with Crippen molar-refractivity contribution in [3.8, 4) is 0 Å². The number of fused-ring (bicyclic) bond motifs is 1. The first-order chi connectivity index (χ1) is 9.51. The molecule has 2 aromatic rings. The number of nitrogen functional groups attached to an aromatic ring is 1. The number of aromatic nitrogens is 4. The number of nitrogens with one attached hydrogen (secondary N) is 2. The highest BCUT2D eigenvalue weighted by molar-refractivity contribution is 6.18. The molecule has 2 rings (SSSR count). The quantitative estimate of drug-likeness (QED) is 0.433. The lowest BCUT2D eigenvalue weighted by Gasteiger charge is -2.19. The minimum Gasteiger partial charge on any atom is -0.369 e. The van der Waals surface area contributed by atoms with Crippen molar-refractivity contribution in [1.29, 1.82) is 0 Å². The predicted molar refractivity (Wildman–Crippen MR) is 76.0 cm³/mol. The second kappa shape index (κ2) is 5.87. The normalized spacial score (nSPS) is 11.8. The molecule has 0 amide bonds. The van der Waals surface area contributed by atoms with E-state index in [0.717, 1.165) is 0 Å². The number of aromatic amines is 2. The Morgan fingerprint density at radius 2 is 2.15 bits per heavy atom. The fourth-order valence-electron chi connectivity index (χ4n) is 1.55. The van der Waals surface area contributed by atoms with Crippen molar-refractivity contribution >= 4 is 34.7 Å². The lowest BCUT2D eigenvalue weighted by molar-refractivity contribution is 0.230. The van der Waals surface area contributed by atoms with Crippen LogP contribution < -0.4 is 11.3 Å². The van der Waals surface area contributed by atoms with Crippen LogP contribution in [0.1, 0.15) is 13.8 Å². The largest absolute Gasteiger partial charge is 0.369 e. The van der Waals surface area contributed by atoms with Crippen LogP contribution in [0.2, 0.25) is 0 Å². The zero-order chi connectivity index (χ0) is 14.7. The molecule has 0 radical (unpaired) electrons. The van der Waals surface area contributed by atoms with Crippen LogP contribution >= 0.6 is 11.6 Å². The Balaban J connectivity index is 2.30. The van der Waals surface area contributed by atoms with E-state index in [1.807, 2.05) is 13.8 Å². The van der Waals surface area contributed by atoms with Crippen molar-refractivity contribution in [3.05, 3.63) is 10.4 Å². The zero-order valence-electron chi connectivity index (χ0n) is 11.1. The van der Waals surface area contributed by atoms with Gasteiger partial charge in [-0.3, -0.25) is 14.8 Å². The van der Waals surface area contributed by atoms with E-state index in [1.165, 1.54) is 0 Å². The van der Waals surface area contributed by atoms with Gasteiger partial charge < -0.3 is 10.7 Å². The summed E-state index contributed by atoms with van der Waals surface area (Å²) in [5.41, 5.74) is 5.45. The lowest BCUT2D eigenvalue weighted by atomic mass is 10.4. The van der Waals surface area contributed by atoms with Gasteiger partial charge in [0.05, 0.1) is 6.54 Å². The first-order valence-electron chi connectivity index (χ1n) is 6.01. The first kappa shape index (κ1) is 14.3. The third-order valence-corrected chi connectivity index (χ3v) is 2.70. The molecule has 0 aromatic carbocycles. The molecule has 0 saturated carbocycles. The number of nitrogens with two attached hydrogens (primary N) is 1. The molecule has 4 N–H and O–H groups in total. The molecule has 0 aliphatic rings. The Kier molecular flexibility index (Phi) is 4.18. The number of H-pyrrole nitrogens is 2. The summed E-state index contributed by atoms with van der Waals surface area (Å²) in [6, 6.07) is 0.152. The third kappa shape index (κ3) is 3.05. The molecule has 0 aliphatic heterocycles. The zero-order valence-corrected chi connectivity index (χ0v) is 11.8. The van der Waals surface area contributed by atoms with Crippen LogP contribution in [-0.4, -0.2) is 43.4 Å². The number of hydrogen-bond acceptors (Lipinski definition) is 6. The molecule has 0 bridgehead atoms. The topological polar surface area (TPSA) is 128 Å². The van der Waals surface area contributed by atoms with E-state index in [4.69, 9.17) is 17.3 Å². The predicted octanol–water partition coefficient (Wildman–Crippen LogP) is 1.18. The smallest absolute Gasteiger partial charge is 0.278 e. The maximum absolute atomic E-state index is 11.6. The second-order valence-electron chi connectivity index (χ2n) is 4.35. The summed E-state index contributed by atoms with van der Waals surface area (Å²) in [7, 11) is 0. The van der Waals surface area contributed by atoms with E-state index in [1.54, 1.807) is 5.01 Å². The lowest BCUT2D eigenvalue weighted by Crippen LogP contribution is -2.26. The standard InChI is InChI=1S/C10H15ClN8O/c1-5(2)19(4-3-11)18-17-10-13-6-7(15-10)14-9(12)16-8(6)20/h5H,3-4H2,1-2H3,(H4,12,13,14,15,16,20).